The molecular weight excluding hydrogens is 416 g/mol. The van der Waals surface area contributed by atoms with Crippen LogP contribution in [0.5, 0.6) is 23.0 Å². The minimum absolute atomic E-state index is 0.263. The highest BCUT2D eigenvalue weighted by molar-refractivity contribution is 5.93. The van der Waals surface area contributed by atoms with Gasteiger partial charge >= 0.3 is 0 Å². The molecule has 168 valence electrons. The molecule has 1 aliphatic rings. The Morgan fingerprint density at radius 1 is 0.750 bits per heavy atom. The molecule has 7 N–H and O–H groups in total. The summed E-state index contributed by atoms with van der Waals surface area (Å²) in [7, 11) is 0. The van der Waals surface area contributed by atoms with Crippen LogP contribution in [0.2, 0.25) is 0 Å². The van der Waals surface area contributed by atoms with Crippen molar-refractivity contribution in [1.29, 1.82) is 0 Å². The van der Waals surface area contributed by atoms with Gasteiger partial charge in [0.15, 0.2) is 23.0 Å². The molecule has 0 heterocycles. The molecule has 1 fully saturated rings. The van der Waals surface area contributed by atoms with Crippen molar-refractivity contribution in [2.24, 2.45) is 0 Å². The first-order valence-electron chi connectivity index (χ1n) is 9.92. The molecule has 3 unspecified atom stereocenters. The van der Waals surface area contributed by atoms with Crippen LogP contribution < -0.4 is 10.6 Å². The van der Waals surface area contributed by atoms with Gasteiger partial charge < -0.3 is 36.2 Å². The number of rotatable bonds is 6. The van der Waals surface area contributed by atoms with Crippen molar-refractivity contribution in [3.63, 3.8) is 0 Å². The number of nitrogens with one attached hydrogen (secondary N) is 2. The highest BCUT2D eigenvalue weighted by Gasteiger charge is 2.36. The average molecular weight is 440 g/mol. The van der Waals surface area contributed by atoms with Gasteiger partial charge in [-0.25, -0.2) is 0 Å². The molecule has 0 bridgehead atoms. The molecule has 1 aliphatic carbocycles. The Bertz CT molecular complexity index is 1060. The van der Waals surface area contributed by atoms with Crippen molar-refractivity contribution in [2.45, 2.75) is 31.0 Å². The van der Waals surface area contributed by atoms with E-state index in [1.54, 1.807) is 0 Å². The van der Waals surface area contributed by atoms with Crippen LogP contribution in [0.1, 0.15) is 24.0 Å². The quantitative estimate of drug-likeness (QED) is 0.264. The second-order valence-corrected chi connectivity index (χ2v) is 7.46. The van der Waals surface area contributed by atoms with Crippen molar-refractivity contribution in [1.82, 2.24) is 10.6 Å². The Morgan fingerprint density at radius 2 is 1.25 bits per heavy atom. The first kappa shape index (κ1) is 22.7. The van der Waals surface area contributed by atoms with Crippen molar-refractivity contribution in [2.75, 3.05) is 0 Å². The molecule has 2 aromatic carbocycles. The van der Waals surface area contributed by atoms with Gasteiger partial charge in [0.05, 0.1) is 18.2 Å². The lowest BCUT2D eigenvalue weighted by molar-refractivity contribution is -0.120. The second-order valence-electron chi connectivity index (χ2n) is 7.46. The standard InChI is InChI=1S/C23H24N2O7/c26-16-6-1-13(11-19(16)29)3-9-21(31)24-15-5-8-18(28)23(15)25-22(32)10-4-14-2-7-17(27)20(30)12-14/h1-4,6-7,9-12,15,18,23,26-30H,5,8H2,(H,24,31)(H,25,32). The van der Waals surface area contributed by atoms with Crippen LogP contribution in [0.25, 0.3) is 12.2 Å². The fourth-order valence-corrected chi connectivity index (χ4v) is 3.41. The zero-order valence-electron chi connectivity index (χ0n) is 17.0. The van der Waals surface area contributed by atoms with Crippen molar-refractivity contribution >= 4 is 24.0 Å². The van der Waals surface area contributed by atoms with Gasteiger partial charge in [0.25, 0.3) is 0 Å². The minimum atomic E-state index is -0.826. The van der Waals surface area contributed by atoms with E-state index in [1.807, 2.05) is 0 Å². The van der Waals surface area contributed by atoms with Crippen molar-refractivity contribution in [3.8, 4) is 23.0 Å². The van der Waals surface area contributed by atoms with E-state index in [-0.39, 0.29) is 23.0 Å². The Balaban J connectivity index is 1.58. The van der Waals surface area contributed by atoms with Gasteiger partial charge in [0.1, 0.15) is 0 Å². The summed E-state index contributed by atoms with van der Waals surface area (Å²) in [6.07, 6.45) is 5.44. The smallest absolute Gasteiger partial charge is 0.244 e. The molecule has 32 heavy (non-hydrogen) atoms. The SMILES string of the molecule is O=C(C=Cc1ccc(O)c(O)c1)NC1CCC(O)C1NC(=O)C=Cc1ccc(O)c(O)c1. The van der Waals surface area contributed by atoms with Gasteiger partial charge in [-0.05, 0) is 60.4 Å². The highest BCUT2D eigenvalue weighted by atomic mass is 16.3. The normalized spacial score (nSPS) is 20.6. The van der Waals surface area contributed by atoms with Gasteiger partial charge in [0.2, 0.25) is 11.8 Å². The summed E-state index contributed by atoms with van der Waals surface area (Å²) in [6.45, 7) is 0. The third-order valence-electron chi connectivity index (χ3n) is 5.11. The monoisotopic (exact) mass is 440 g/mol. The number of benzene rings is 2. The highest BCUT2D eigenvalue weighted by Crippen LogP contribution is 2.26. The largest absolute Gasteiger partial charge is 0.504 e. The maximum absolute atomic E-state index is 12.3. The summed E-state index contributed by atoms with van der Waals surface area (Å²) in [5.74, 6) is -2.07. The predicted octanol–water partition coefficient (Wildman–Crippen LogP) is 1.36. The average Bonchev–Trinajstić information content (AvgIpc) is 3.09. The zero-order valence-corrected chi connectivity index (χ0v) is 17.0. The molecule has 9 nitrogen and oxygen atoms in total. The first-order valence-corrected chi connectivity index (χ1v) is 9.92. The van der Waals surface area contributed by atoms with E-state index in [0.29, 0.717) is 24.0 Å². The van der Waals surface area contributed by atoms with Crippen LogP contribution in [0.4, 0.5) is 0 Å². The van der Waals surface area contributed by atoms with Crippen LogP contribution in [-0.4, -0.2) is 55.5 Å². The van der Waals surface area contributed by atoms with E-state index in [9.17, 15) is 35.1 Å². The summed E-state index contributed by atoms with van der Waals surface area (Å²) in [5.41, 5.74) is 1.01. The molecule has 0 spiro atoms. The van der Waals surface area contributed by atoms with Crippen LogP contribution in [0.3, 0.4) is 0 Å². The number of phenolic OH excluding ortho intramolecular Hbond substituents is 4. The molecule has 0 saturated heterocycles. The van der Waals surface area contributed by atoms with E-state index in [4.69, 9.17) is 0 Å². The fourth-order valence-electron chi connectivity index (χ4n) is 3.41. The molecule has 0 aliphatic heterocycles. The number of aromatic hydroxyl groups is 4. The molecule has 2 amide bonds. The molecule has 2 aromatic rings. The summed E-state index contributed by atoms with van der Waals surface area (Å²) in [6, 6.07) is 7.09. The molecular formula is C23H24N2O7. The Kier molecular flexibility index (Phi) is 7.01. The van der Waals surface area contributed by atoms with Gasteiger partial charge in [-0.15, -0.1) is 0 Å². The molecule has 0 radical (unpaired) electrons. The lowest BCUT2D eigenvalue weighted by atomic mass is 10.1. The topological polar surface area (TPSA) is 159 Å². The fraction of sp³-hybridized carbons (Fsp3) is 0.217. The van der Waals surface area contributed by atoms with Crippen molar-refractivity contribution < 1.29 is 35.1 Å². The molecule has 9 heteroatoms. The number of phenols is 4. The summed E-state index contributed by atoms with van der Waals surface area (Å²) < 4.78 is 0. The summed E-state index contributed by atoms with van der Waals surface area (Å²) in [4.78, 5) is 24.5. The van der Waals surface area contributed by atoms with Gasteiger partial charge in [-0.3, -0.25) is 9.59 Å². The third-order valence-corrected chi connectivity index (χ3v) is 5.11. The summed E-state index contributed by atoms with van der Waals surface area (Å²) >= 11 is 0. The van der Waals surface area contributed by atoms with Crippen LogP contribution in [0.15, 0.2) is 48.6 Å². The Morgan fingerprint density at radius 3 is 1.75 bits per heavy atom. The number of amides is 2. The van der Waals surface area contributed by atoms with Gasteiger partial charge in [-0.1, -0.05) is 12.1 Å². The maximum Gasteiger partial charge on any atom is 0.244 e. The number of aliphatic hydroxyl groups excluding tert-OH is 1. The predicted molar refractivity (Wildman–Crippen MR) is 117 cm³/mol. The Hall–Kier alpha value is -3.98. The number of carbonyl (C=O) groups is 2. The number of aliphatic hydroxyl groups is 1. The zero-order chi connectivity index (χ0) is 23.3. The lowest BCUT2D eigenvalue weighted by Crippen LogP contribution is -2.52. The molecule has 1 saturated carbocycles. The van der Waals surface area contributed by atoms with E-state index < -0.39 is 30.0 Å². The molecule has 3 atom stereocenters. The van der Waals surface area contributed by atoms with Gasteiger partial charge in [-0.2, -0.15) is 0 Å². The van der Waals surface area contributed by atoms with E-state index in [2.05, 4.69) is 10.6 Å². The van der Waals surface area contributed by atoms with Crippen LogP contribution in [0, 0.1) is 0 Å². The second kappa shape index (κ2) is 9.88. The minimum Gasteiger partial charge on any atom is -0.504 e. The number of hydrogen-bond acceptors (Lipinski definition) is 7. The third kappa shape index (κ3) is 5.79. The van der Waals surface area contributed by atoms with Gasteiger partial charge in [0, 0.05) is 12.2 Å². The van der Waals surface area contributed by atoms with E-state index >= 15 is 0 Å². The van der Waals surface area contributed by atoms with E-state index in [1.165, 1.54) is 60.7 Å². The van der Waals surface area contributed by atoms with E-state index in [0.717, 1.165) is 0 Å². The van der Waals surface area contributed by atoms with Crippen molar-refractivity contribution in [3.05, 3.63) is 59.7 Å². The maximum atomic E-state index is 12.3. The number of hydrogen-bond donors (Lipinski definition) is 7. The number of carbonyl (C=O) groups excluding carboxylic acids is 2. The molecule has 0 aromatic heterocycles. The first-order chi connectivity index (χ1) is 15.2. The molecule has 3 rings (SSSR count). The van der Waals surface area contributed by atoms with Crippen LogP contribution >= 0.6 is 0 Å². The van der Waals surface area contributed by atoms with Crippen LogP contribution in [-0.2, 0) is 9.59 Å². The summed E-state index contributed by atoms with van der Waals surface area (Å²) in [5, 5.41) is 53.3. The lowest BCUT2D eigenvalue weighted by Gasteiger charge is -2.23. The Labute approximate surface area is 184 Å².